The van der Waals surface area contributed by atoms with Crippen LogP contribution in [-0.4, -0.2) is 23.1 Å². The Labute approximate surface area is 209 Å². The molecule has 0 bridgehead atoms. The van der Waals surface area contributed by atoms with Crippen molar-refractivity contribution in [1.29, 1.82) is 0 Å². The Kier molecular flexibility index (Phi) is 6.69. The lowest BCUT2D eigenvalue weighted by molar-refractivity contribution is 0.0974. The molecule has 1 heterocycles. The second-order valence-corrected chi connectivity index (χ2v) is 9.11. The third-order valence-corrected chi connectivity index (χ3v) is 6.05. The second-order valence-electron chi connectivity index (χ2n) is 7.38. The molecule has 0 spiro atoms. The van der Waals surface area contributed by atoms with E-state index in [1.54, 1.807) is 24.3 Å². The van der Waals surface area contributed by atoms with E-state index in [-0.39, 0.29) is 11.0 Å². The molecular weight excluding hydrogens is 526 g/mol. The van der Waals surface area contributed by atoms with Gasteiger partial charge in [-0.05, 0) is 79.7 Å². The summed E-state index contributed by atoms with van der Waals surface area (Å²) in [7, 11) is 1.52. The van der Waals surface area contributed by atoms with Crippen molar-refractivity contribution in [3.05, 3.63) is 74.7 Å². The van der Waals surface area contributed by atoms with Crippen molar-refractivity contribution < 1.29 is 13.9 Å². The average Bonchev–Trinajstić information content (AvgIpc) is 3.18. The van der Waals surface area contributed by atoms with Crippen molar-refractivity contribution in [3.8, 4) is 17.2 Å². The Morgan fingerprint density at radius 1 is 1.12 bits per heavy atom. The summed E-state index contributed by atoms with van der Waals surface area (Å²) in [4.78, 5) is 17.3. The zero-order chi connectivity index (χ0) is 23.7. The van der Waals surface area contributed by atoms with E-state index in [1.807, 2.05) is 38.1 Å². The van der Waals surface area contributed by atoms with E-state index >= 15 is 0 Å². The van der Waals surface area contributed by atoms with Crippen LogP contribution in [0.3, 0.4) is 0 Å². The molecule has 168 valence electrons. The highest BCUT2D eigenvalue weighted by Gasteiger charge is 2.17. The smallest absolute Gasteiger partial charge is 0.261 e. The number of benzene rings is 3. The minimum absolute atomic E-state index is 0.146. The molecular formula is C24H19BrClN3O3S. The van der Waals surface area contributed by atoms with Gasteiger partial charge in [0.05, 0.1) is 12.7 Å². The summed E-state index contributed by atoms with van der Waals surface area (Å²) in [5.41, 5.74) is 4.90. The number of hydrogen-bond donors (Lipinski definition) is 2. The second kappa shape index (κ2) is 9.51. The number of anilines is 1. The van der Waals surface area contributed by atoms with Crippen LogP contribution in [0.25, 0.3) is 22.6 Å². The minimum atomic E-state index is -0.380. The van der Waals surface area contributed by atoms with Gasteiger partial charge in [-0.3, -0.25) is 10.1 Å². The number of halogens is 2. The van der Waals surface area contributed by atoms with Crippen LogP contribution >= 0.6 is 39.7 Å². The number of aryl methyl sites for hydroxylation is 2. The van der Waals surface area contributed by atoms with Gasteiger partial charge in [0.25, 0.3) is 5.91 Å². The van der Waals surface area contributed by atoms with E-state index in [9.17, 15) is 4.79 Å². The number of ether oxygens (including phenoxy) is 1. The van der Waals surface area contributed by atoms with E-state index < -0.39 is 0 Å². The van der Waals surface area contributed by atoms with E-state index in [0.717, 1.165) is 21.2 Å². The predicted octanol–water partition coefficient (Wildman–Crippen LogP) is 6.66. The molecule has 0 saturated carbocycles. The van der Waals surface area contributed by atoms with Gasteiger partial charge in [-0.1, -0.05) is 33.6 Å². The van der Waals surface area contributed by atoms with Crippen LogP contribution < -0.4 is 15.4 Å². The fourth-order valence-corrected chi connectivity index (χ4v) is 4.32. The number of aromatic nitrogens is 1. The molecule has 3 aromatic carbocycles. The number of fused-ring (bicyclic) bond motifs is 1. The van der Waals surface area contributed by atoms with E-state index in [0.29, 0.717) is 39.0 Å². The Morgan fingerprint density at radius 2 is 1.91 bits per heavy atom. The summed E-state index contributed by atoms with van der Waals surface area (Å²) in [5, 5.41) is 6.49. The summed E-state index contributed by atoms with van der Waals surface area (Å²) in [6.07, 6.45) is 0. The van der Waals surface area contributed by atoms with Gasteiger partial charge >= 0.3 is 0 Å². The van der Waals surface area contributed by atoms with E-state index in [4.69, 9.17) is 33.0 Å². The van der Waals surface area contributed by atoms with Crippen LogP contribution in [0.15, 0.2) is 57.4 Å². The molecule has 0 unspecified atom stereocenters. The normalized spacial score (nSPS) is 10.8. The van der Waals surface area contributed by atoms with Crippen molar-refractivity contribution in [2.45, 2.75) is 13.8 Å². The molecule has 0 aliphatic rings. The number of thiocarbonyl (C=S) groups is 1. The Hall–Kier alpha value is -2.94. The van der Waals surface area contributed by atoms with Gasteiger partial charge in [0.15, 0.2) is 10.7 Å². The SMILES string of the molecule is COc1c(C)cc(Br)cc1C(=O)NC(=S)Nc1ccc2oc(-c3ccc(C)c(Cl)c3)nc2c1. The number of carbonyl (C=O) groups is 1. The molecule has 2 N–H and O–H groups in total. The van der Waals surface area contributed by atoms with Gasteiger partial charge in [-0.15, -0.1) is 0 Å². The molecule has 4 aromatic rings. The number of nitrogens with zero attached hydrogens (tertiary/aromatic N) is 1. The van der Waals surface area contributed by atoms with Crippen LogP contribution in [0, 0.1) is 13.8 Å². The minimum Gasteiger partial charge on any atom is -0.496 e. The van der Waals surface area contributed by atoms with Crippen molar-refractivity contribution >= 4 is 67.6 Å². The zero-order valence-electron chi connectivity index (χ0n) is 18.0. The number of carbonyl (C=O) groups excluding carboxylic acids is 1. The first-order valence-electron chi connectivity index (χ1n) is 9.88. The first-order valence-corrected chi connectivity index (χ1v) is 11.5. The number of oxazole rings is 1. The van der Waals surface area contributed by atoms with Crippen LogP contribution in [-0.2, 0) is 0 Å². The molecule has 0 aliphatic heterocycles. The number of methoxy groups -OCH3 is 1. The largest absolute Gasteiger partial charge is 0.496 e. The molecule has 33 heavy (non-hydrogen) atoms. The topological polar surface area (TPSA) is 76.4 Å². The molecule has 0 aliphatic carbocycles. The van der Waals surface area contributed by atoms with E-state index in [1.165, 1.54) is 7.11 Å². The van der Waals surface area contributed by atoms with Gasteiger partial charge in [-0.2, -0.15) is 0 Å². The van der Waals surface area contributed by atoms with Crippen molar-refractivity contribution in [1.82, 2.24) is 10.3 Å². The fourth-order valence-electron chi connectivity index (χ4n) is 3.36. The van der Waals surface area contributed by atoms with Crippen molar-refractivity contribution in [2.75, 3.05) is 12.4 Å². The van der Waals surface area contributed by atoms with Gasteiger partial charge in [-0.25, -0.2) is 4.98 Å². The van der Waals surface area contributed by atoms with Gasteiger partial charge in [0.1, 0.15) is 11.3 Å². The maximum atomic E-state index is 12.8. The highest BCUT2D eigenvalue weighted by atomic mass is 79.9. The number of amides is 1. The highest BCUT2D eigenvalue weighted by molar-refractivity contribution is 9.10. The maximum absolute atomic E-state index is 12.8. The van der Waals surface area contributed by atoms with Gasteiger partial charge in [0, 0.05) is 20.7 Å². The quantitative estimate of drug-likeness (QED) is 0.280. The molecule has 0 saturated heterocycles. The third kappa shape index (κ3) is 5.03. The van der Waals surface area contributed by atoms with Crippen LogP contribution in [0.4, 0.5) is 5.69 Å². The molecule has 9 heteroatoms. The monoisotopic (exact) mass is 543 g/mol. The van der Waals surface area contributed by atoms with Gasteiger partial charge in [0.2, 0.25) is 5.89 Å². The summed E-state index contributed by atoms with van der Waals surface area (Å²) in [5.74, 6) is 0.582. The lowest BCUT2D eigenvalue weighted by atomic mass is 10.1. The van der Waals surface area contributed by atoms with Gasteiger partial charge < -0.3 is 14.5 Å². The van der Waals surface area contributed by atoms with E-state index in [2.05, 4.69) is 31.5 Å². The summed E-state index contributed by atoms with van der Waals surface area (Å²) >= 11 is 15.0. The Balaban J connectivity index is 1.51. The molecule has 1 amide bonds. The summed E-state index contributed by atoms with van der Waals surface area (Å²) in [6, 6.07) is 14.6. The standard InChI is InChI=1S/C24H19BrClN3O3S/c1-12-4-5-14(9-18(12)26)23-28-19-11-16(6-7-20(19)32-23)27-24(33)29-22(30)17-10-15(25)8-13(2)21(17)31-3/h4-11H,1-3H3,(H2,27,29,30,33). The number of nitrogens with one attached hydrogen (secondary N) is 2. The van der Waals surface area contributed by atoms with Crippen LogP contribution in [0.2, 0.25) is 5.02 Å². The molecule has 0 atom stereocenters. The zero-order valence-corrected chi connectivity index (χ0v) is 21.1. The number of rotatable bonds is 4. The lowest BCUT2D eigenvalue weighted by Gasteiger charge is -2.13. The molecule has 0 fully saturated rings. The first-order chi connectivity index (χ1) is 15.7. The highest BCUT2D eigenvalue weighted by Crippen LogP contribution is 2.30. The average molecular weight is 545 g/mol. The molecule has 0 radical (unpaired) electrons. The van der Waals surface area contributed by atoms with Crippen LogP contribution in [0.1, 0.15) is 21.5 Å². The summed E-state index contributed by atoms with van der Waals surface area (Å²) < 4.78 is 12.0. The predicted molar refractivity (Wildman–Crippen MR) is 138 cm³/mol. The Bertz CT molecular complexity index is 1400. The maximum Gasteiger partial charge on any atom is 0.261 e. The Morgan fingerprint density at radius 3 is 2.64 bits per heavy atom. The number of hydrogen-bond acceptors (Lipinski definition) is 5. The van der Waals surface area contributed by atoms with Crippen LogP contribution in [0.5, 0.6) is 5.75 Å². The summed E-state index contributed by atoms with van der Waals surface area (Å²) in [6.45, 7) is 3.80. The lowest BCUT2D eigenvalue weighted by Crippen LogP contribution is -2.34. The van der Waals surface area contributed by atoms with Crippen molar-refractivity contribution in [2.24, 2.45) is 0 Å². The molecule has 4 rings (SSSR count). The molecule has 6 nitrogen and oxygen atoms in total. The van der Waals surface area contributed by atoms with Crippen molar-refractivity contribution in [3.63, 3.8) is 0 Å². The third-order valence-electron chi connectivity index (χ3n) is 4.98. The fraction of sp³-hybridized carbons (Fsp3) is 0.125. The molecule has 1 aromatic heterocycles. The first kappa shape index (κ1) is 23.2.